The predicted octanol–water partition coefficient (Wildman–Crippen LogP) is 4.49. The molecule has 0 unspecified atom stereocenters. The SMILES string of the molecule is CCCCCCCC=C(C#[N+]CCCC)C(=O)O. The fraction of sp³-hybridized carbons (Fsp3) is 0.733. The van der Waals surface area contributed by atoms with Crippen LogP contribution in [0.5, 0.6) is 0 Å². The lowest BCUT2D eigenvalue weighted by Gasteiger charge is -1.95. The van der Waals surface area contributed by atoms with E-state index in [9.17, 15) is 4.79 Å². The van der Waals surface area contributed by atoms with Crippen LogP contribution < -0.4 is 0 Å². The molecule has 0 fully saturated rings. The number of carbonyl (C=O) groups is 1. The second kappa shape index (κ2) is 12.2. The molecule has 3 nitrogen and oxygen atoms in total. The molecule has 1 N–H and O–H groups in total. The summed E-state index contributed by atoms with van der Waals surface area (Å²) in [7, 11) is 0. The Morgan fingerprint density at radius 1 is 1.11 bits per heavy atom. The van der Waals surface area contributed by atoms with Crippen molar-refractivity contribution in [2.24, 2.45) is 0 Å². The number of hydrogen-bond acceptors (Lipinski definition) is 1. The van der Waals surface area contributed by atoms with Gasteiger partial charge in [-0.15, -0.1) is 0 Å². The highest BCUT2D eigenvalue weighted by atomic mass is 16.4. The van der Waals surface area contributed by atoms with Gasteiger partial charge in [0.25, 0.3) is 6.54 Å². The Labute approximate surface area is 111 Å². The van der Waals surface area contributed by atoms with E-state index in [1.165, 1.54) is 25.7 Å². The molecule has 0 saturated heterocycles. The van der Waals surface area contributed by atoms with Crippen LogP contribution in [0.4, 0.5) is 0 Å². The van der Waals surface area contributed by atoms with Gasteiger partial charge in [-0.2, -0.15) is 0 Å². The molecule has 0 atom stereocenters. The zero-order valence-electron chi connectivity index (χ0n) is 11.7. The first kappa shape index (κ1) is 16.7. The van der Waals surface area contributed by atoms with E-state index in [0.29, 0.717) is 6.54 Å². The molecule has 0 aliphatic carbocycles. The molecule has 0 amide bonds. The average molecular weight is 252 g/mol. The van der Waals surface area contributed by atoms with E-state index in [1.807, 2.05) is 0 Å². The lowest BCUT2D eigenvalue weighted by atomic mass is 10.1. The van der Waals surface area contributed by atoms with E-state index in [0.717, 1.165) is 25.7 Å². The maximum Gasteiger partial charge on any atom is 0.350 e. The van der Waals surface area contributed by atoms with E-state index < -0.39 is 5.97 Å². The van der Waals surface area contributed by atoms with Crippen molar-refractivity contribution in [3.63, 3.8) is 0 Å². The van der Waals surface area contributed by atoms with Crippen LogP contribution in [0.25, 0.3) is 4.85 Å². The summed E-state index contributed by atoms with van der Waals surface area (Å²) in [5, 5.41) is 8.98. The number of aliphatic carboxylic acids is 1. The van der Waals surface area contributed by atoms with Crippen molar-refractivity contribution in [1.29, 1.82) is 0 Å². The van der Waals surface area contributed by atoms with Crippen LogP contribution in [-0.2, 0) is 4.79 Å². The maximum atomic E-state index is 10.9. The van der Waals surface area contributed by atoms with E-state index >= 15 is 0 Å². The van der Waals surface area contributed by atoms with Gasteiger partial charge in [0, 0.05) is 6.42 Å². The predicted molar refractivity (Wildman–Crippen MR) is 76.1 cm³/mol. The van der Waals surface area contributed by atoms with Crippen molar-refractivity contribution in [2.45, 2.75) is 65.2 Å². The molecular weight excluding hydrogens is 226 g/mol. The Bertz CT molecular complexity index is 310. The van der Waals surface area contributed by atoms with Crippen molar-refractivity contribution in [2.75, 3.05) is 6.54 Å². The van der Waals surface area contributed by atoms with E-state index in [2.05, 4.69) is 24.8 Å². The normalized spacial score (nSPS) is 10.9. The van der Waals surface area contributed by atoms with Gasteiger partial charge >= 0.3 is 12.0 Å². The van der Waals surface area contributed by atoms with E-state index in [1.54, 1.807) is 6.08 Å². The highest BCUT2D eigenvalue weighted by molar-refractivity contribution is 5.91. The van der Waals surface area contributed by atoms with Crippen LogP contribution in [0.3, 0.4) is 0 Å². The monoisotopic (exact) mass is 252 g/mol. The standard InChI is InChI=1S/C15H25NO2/c1-3-5-7-8-9-10-11-14(15(17)18)13-16-12-6-4-2/h11H,3-10,12H2,1-2H3/p+1. The summed E-state index contributed by atoms with van der Waals surface area (Å²) in [5.41, 5.74) is 0.210. The molecule has 0 aromatic rings. The summed E-state index contributed by atoms with van der Waals surface area (Å²) in [6, 6.07) is 2.64. The quantitative estimate of drug-likeness (QED) is 0.373. The molecule has 0 rings (SSSR count). The smallest absolute Gasteiger partial charge is 0.350 e. The molecular formula is C15H26NO2+. The highest BCUT2D eigenvalue weighted by Gasteiger charge is 2.09. The molecule has 0 spiro atoms. The minimum Gasteiger partial charge on any atom is -0.477 e. The van der Waals surface area contributed by atoms with Crippen LogP contribution in [0, 0.1) is 6.07 Å². The summed E-state index contributed by atoms with van der Waals surface area (Å²) in [5.74, 6) is -0.927. The summed E-state index contributed by atoms with van der Waals surface area (Å²) >= 11 is 0. The molecule has 18 heavy (non-hydrogen) atoms. The van der Waals surface area contributed by atoms with Crippen LogP contribution >= 0.6 is 0 Å². The molecule has 0 aliphatic rings. The van der Waals surface area contributed by atoms with Gasteiger partial charge in [-0.05, 0) is 19.3 Å². The van der Waals surface area contributed by atoms with Crippen molar-refractivity contribution in [3.8, 4) is 6.07 Å². The second-order valence-electron chi connectivity index (χ2n) is 4.47. The molecule has 3 heteroatoms. The minimum absolute atomic E-state index is 0.210. The van der Waals surface area contributed by atoms with Crippen molar-refractivity contribution in [3.05, 3.63) is 16.5 Å². The number of carboxylic acid groups (broad SMARTS) is 1. The molecule has 0 aromatic heterocycles. The second-order valence-corrected chi connectivity index (χ2v) is 4.47. The third-order valence-electron chi connectivity index (χ3n) is 2.71. The molecule has 0 aromatic carbocycles. The van der Waals surface area contributed by atoms with Crippen molar-refractivity contribution < 1.29 is 9.90 Å². The number of nitrogens with zero attached hydrogens (tertiary/aromatic N) is 1. The Hall–Kier alpha value is -1.30. The first-order chi connectivity index (χ1) is 8.72. The topological polar surface area (TPSA) is 41.7 Å². The first-order valence-electron chi connectivity index (χ1n) is 7.08. The Balaban J connectivity index is 3.99. The average Bonchev–Trinajstić information content (AvgIpc) is 2.35. The molecule has 0 saturated carbocycles. The first-order valence-corrected chi connectivity index (χ1v) is 7.08. The number of rotatable bonds is 9. The molecule has 0 radical (unpaired) electrons. The fourth-order valence-corrected chi connectivity index (χ4v) is 1.55. The van der Waals surface area contributed by atoms with Crippen molar-refractivity contribution >= 4 is 5.97 Å². The molecule has 0 bridgehead atoms. The summed E-state index contributed by atoms with van der Waals surface area (Å²) < 4.78 is 0. The maximum absolute atomic E-state index is 10.9. The van der Waals surface area contributed by atoms with Crippen LogP contribution in [-0.4, -0.2) is 17.6 Å². The van der Waals surface area contributed by atoms with E-state index in [4.69, 9.17) is 5.11 Å². The largest absolute Gasteiger partial charge is 0.477 e. The molecule has 102 valence electrons. The zero-order valence-corrected chi connectivity index (χ0v) is 11.7. The lowest BCUT2D eigenvalue weighted by molar-refractivity contribution is -0.132. The van der Waals surface area contributed by atoms with E-state index in [-0.39, 0.29) is 5.57 Å². The number of hydrogen-bond donors (Lipinski definition) is 1. The van der Waals surface area contributed by atoms with Gasteiger partial charge in [0.2, 0.25) is 0 Å². The third kappa shape index (κ3) is 9.89. The van der Waals surface area contributed by atoms with Crippen molar-refractivity contribution in [1.82, 2.24) is 0 Å². The zero-order chi connectivity index (χ0) is 13.6. The Kier molecular flexibility index (Phi) is 11.3. The van der Waals surface area contributed by atoms with Gasteiger partial charge in [-0.1, -0.05) is 50.5 Å². The number of allylic oxidation sites excluding steroid dienone is 1. The summed E-state index contributed by atoms with van der Waals surface area (Å²) in [6.07, 6.45) is 10.5. The van der Waals surface area contributed by atoms with Gasteiger partial charge in [-0.25, -0.2) is 4.79 Å². The van der Waals surface area contributed by atoms with Gasteiger partial charge in [0.15, 0.2) is 5.57 Å². The fourth-order valence-electron chi connectivity index (χ4n) is 1.55. The van der Waals surface area contributed by atoms with Crippen LogP contribution in [0.1, 0.15) is 65.2 Å². The molecule has 0 aliphatic heterocycles. The van der Waals surface area contributed by atoms with Gasteiger partial charge in [0.1, 0.15) is 0 Å². The summed E-state index contributed by atoms with van der Waals surface area (Å²) in [6.45, 7) is 4.93. The minimum atomic E-state index is -0.927. The number of unbranched alkanes of at least 4 members (excludes halogenated alkanes) is 6. The van der Waals surface area contributed by atoms with Gasteiger partial charge in [0.05, 0.1) is 0 Å². The molecule has 0 heterocycles. The third-order valence-corrected chi connectivity index (χ3v) is 2.71. The van der Waals surface area contributed by atoms with Crippen LogP contribution in [0.15, 0.2) is 11.6 Å². The van der Waals surface area contributed by atoms with Gasteiger partial charge < -0.3 is 5.11 Å². The Morgan fingerprint density at radius 3 is 2.39 bits per heavy atom. The van der Waals surface area contributed by atoms with Gasteiger partial charge in [-0.3, -0.25) is 0 Å². The Morgan fingerprint density at radius 2 is 1.78 bits per heavy atom. The van der Waals surface area contributed by atoms with Crippen LogP contribution in [0.2, 0.25) is 0 Å². The number of carboxylic acids is 1. The highest BCUT2D eigenvalue weighted by Crippen LogP contribution is 2.07. The summed E-state index contributed by atoms with van der Waals surface area (Å²) in [4.78, 5) is 15.0. The lowest BCUT2D eigenvalue weighted by Crippen LogP contribution is -1.98.